The highest BCUT2D eigenvalue weighted by Gasteiger charge is 2.05. The molecule has 2 rings (SSSR count). The van der Waals surface area contributed by atoms with Gasteiger partial charge in [0.05, 0.1) is 23.8 Å². The summed E-state index contributed by atoms with van der Waals surface area (Å²) in [5.41, 5.74) is 1.06. The normalized spacial score (nSPS) is 11.4. The van der Waals surface area contributed by atoms with Crippen LogP contribution in [0.2, 0.25) is 5.02 Å². The quantitative estimate of drug-likeness (QED) is 0.447. The number of nitrogens with zero attached hydrogens (tertiary/aromatic N) is 2. The fraction of sp³-hybridized carbons (Fsp3) is 0.412. The molecule has 5 nitrogen and oxygen atoms in total. The lowest BCUT2D eigenvalue weighted by atomic mass is 10.3. The minimum atomic E-state index is 0.531. The van der Waals surface area contributed by atoms with E-state index in [9.17, 15) is 0 Å². The van der Waals surface area contributed by atoms with Gasteiger partial charge in [-0.25, -0.2) is 9.98 Å². The summed E-state index contributed by atoms with van der Waals surface area (Å²) in [6.07, 6.45) is 0. The van der Waals surface area contributed by atoms with Crippen LogP contribution >= 0.6 is 22.9 Å². The first-order valence-corrected chi connectivity index (χ1v) is 9.11. The lowest BCUT2D eigenvalue weighted by Gasteiger charge is -2.12. The molecule has 130 valence electrons. The van der Waals surface area contributed by atoms with Crippen LogP contribution < -0.4 is 15.4 Å². The van der Waals surface area contributed by atoms with E-state index in [4.69, 9.17) is 16.3 Å². The fourth-order valence-electron chi connectivity index (χ4n) is 2.11. The summed E-state index contributed by atoms with van der Waals surface area (Å²) in [7, 11) is 0. The zero-order chi connectivity index (χ0) is 17.4. The first-order valence-electron chi connectivity index (χ1n) is 7.92. The highest BCUT2D eigenvalue weighted by Crippen LogP contribution is 2.18. The van der Waals surface area contributed by atoms with Gasteiger partial charge < -0.3 is 15.4 Å². The summed E-state index contributed by atoms with van der Waals surface area (Å²) in [5.74, 6) is 1.54. The Morgan fingerprint density at radius 1 is 1.33 bits per heavy atom. The molecule has 1 heterocycles. The van der Waals surface area contributed by atoms with Crippen molar-refractivity contribution in [2.24, 2.45) is 4.99 Å². The van der Waals surface area contributed by atoms with Crippen LogP contribution in [0.15, 0.2) is 29.3 Å². The number of guanidine groups is 1. The molecule has 7 heteroatoms. The van der Waals surface area contributed by atoms with Crippen molar-refractivity contribution in [1.82, 2.24) is 15.6 Å². The number of hydrogen-bond donors (Lipinski definition) is 2. The van der Waals surface area contributed by atoms with E-state index in [2.05, 4.69) is 20.6 Å². The van der Waals surface area contributed by atoms with E-state index >= 15 is 0 Å². The van der Waals surface area contributed by atoms with Gasteiger partial charge in [0.1, 0.15) is 12.4 Å². The minimum Gasteiger partial charge on any atom is -0.492 e. The minimum absolute atomic E-state index is 0.531. The van der Waals surface area contributed by atoms with Gasteiger partial charge in [-0.05, 0) is 39.0 Å². The molecule has 0 bridgehead atoms. The van der Waals surface area contributed by atoms with Crippen LogP contribution in [0.5, 0.6) is 5.75 Å². The van der Waals surface area contributed by atoms with Crippen LogP contribution in [0.4, 0.5) is 0 Å². The number of nitrogens with one attached hydrogen (secondary N) is 2. The molecule has 0 aliphatic heterocycles. The SMILES string of the molecule is CCNC(=NCc1sc(C)nc1C)NCCOc1cccc(Cl)c1. The predicted molar refractivity (Wildman–Crippen MR) is 101 cm³/mol. The number of benzene rings is 1. The average Bonchev–Trinajstić information content (AvgIpc) is 2.87. The zero-order valence-electron chi connectivity index (χ0n) is 14.2. The van der Waals surface area contributed by atoms with E-state index in [0.717, 1.165) is 29.0 Å². The Morgan fingerprint density at radius 2 is 2.17 bits per heavy atom. The van der Waals surface area contributed by atoms with Crippen molar-refractivity contribution < 1.29 is 4.74 Å². The number of aliphatic imine (C=N–C) groups is 1. The molecule has 2 N–H and O–H groups in total. The topological polar surface area (TPSA) is 58.5 Å². The van der Waals surface area contributed by atoms with Gasteiger partial charge in [0.15, 0.2) is 5.96 Å². The Hall–Kier alpha value is -1.79. The highest BCUT2D eigenvalue weighted by atomic mass is 35.5. The number of aromatic nitrogens is 1. The van der Waals surface area contributed by atoms with Crippen LogP contribution in [-0.4, -0.2) is 30.6 Å². The van der Waals surface area contributed by atoms with Crippen LogP contribution in [-0.2, 0) is 6.54 Å². The van der Waals surface area contributed by atoms with Crippen molar-refractivity contribution in [1.29, 1.82) is 0 Å². The maximum absolute atomic E-state index is 5.93. The average molecular weight is 367 g/mol. The Morgan fingerprint density at radius 3 is 2.83 bits per heavy atom. The molecule has 0 aliphatic rings. The summed E-state index contributed by atoms with van der Waals surface area (Å²) in [5, 5.41) is 8.25. The molecule has 0 radical (unpaired) electrons. The van der Waals surface area contributed by atoms with E-state index in [0.29, 0.717) is 24.7 Å². The second kappa shape index (κ2) is 9.49. The number of halogens is 1. The summed E-state index contributed by atoms with van der Waals surface area (Å²) < 4.78 is 5.66. The predicted octanol–water partition coefficient (Wildman–Crippen LogP) is 3.55. The number of hydrogen-bond acceptors (Lipinski definition) is 4. The third-order valence-corrected chi connectivity index (χ3v) is 4.48. The summed E-state index contributed by atoms with van der Waals surface area (Å²) in [6, 6.07) is 7.39. The molecule has 0 spiro atoms. The number of ether oxygens (including phenoxy) is 1. The van der Waals surface area contributed by atoms with E-state index < -0.39 is 0 Å². The van der Waals surface area contributed by atoms with Crippen LogP contribution in [0.25, 0.3) is 0 Å². The Labute approximate surface area is 152 Å². The van der Waals surface area contributed by atoms with Gasteiger partial charge in [0, 0.05) is 16.4 Å². The summed E-state index contributed by atoms with van der Waals surface area (Å²) in [6.45, 7) is 8.70. The first kappa shape index (κ1) is 18.5. The van der Waals surface area contributed by atoms with E-state index in [-0.39, 0.29) is 0 Å². The highest BCUT2D eigenvalue weighted by molar-refractivity contribution is 7.11. The molecule has 0 fully saturated rings. The molecule has 0 saturated heterocycles. The van der Waals surface area contributed by atoms with Gasteiger partial charge in [-0.1, -0.05) is 17.7 Å². The van der Waals surface area contributed by atoms with Gasteiger partial charge in [-0.3, -0.25) is 0 Å². The van der Waals surface area contributed by atoms with Gasteiger partial charge in [0.2, 0.25) is 0 Å². The molecular weight excluding hydrogens is 344 g/mol. The van der Waals surface area contributed by atoms with Gasteiger partial charge >= 0.3 is 0 Å². The third-order valence-electron chi connectivity index (χ3n) is 3.18. The van der Waals surface area contributed by atoms with Crippen molar-refractivity contribution in [3.8, 4) is 5.75 Å². The monoisotopic (exact) mass is 366 g/mol. The molecular formula is C17H23ClN4OS. The Bertz CT molecular complexity index is 687. The second-order valence-electron chi connectivity index (χ2n) is 5.17. The van der Waals surface area contributed by atoms with E-state index in [1.165, 1.54) is 4.88 Å². The largest absolute Gasteiger partial charge is 0.492 e. The fourth-order valence-corrected chi connectivity index (χ4v) is 3.15. The number of thiazole rings is 1. The third kappa shape index (κ3) is 6.02. The first-order chi connectivity index (χ1) is 11.6. The van der Waals surface area contributed by atoms with E-state index in [1.807, 2.05) is 39.0 Å². The standard InChI is InChI=1S/C17H23ClN4OS/c1-4-19-17(21-11-16-12(2)22-13(3)24-16)20-8-9-23-15-7-5-6-14(18)10-15/h5-7,10H,4,8-9,11H2,1-3H3,(H2,19,20,21). The summed E-state index contributed by atoms with van der Waals surface area (Å²) in [4.78, 5) is 10.2. The molecule has 0 aliphatic carbocycles. The molecule has 0 saturated carbocycles. The lowest BCUT2D eigenvalue weighted by Crippen LogP contribution is -2.39. The zero-order valence-corrected chi connectivity index (χ0v) is 15.8. The molecule has 0 unspecified atom stereocenters. The number of rotatable bonds is 7. The van der Waals surface area contributed by atoms with E-state index in [1.54, 1.807) is 17.4 Å². The number of aryl methyl sites for hydroxylation is 2. The Balaban J connectivity index is 1.82. The lowest BCUT2D eigenvalue weighted by molar-refractivity contribution is 0.322. The molecule has 1 aromatic carbocycles. The molecule has 0 atom stereocenters. The van der Waals surface area contributed by atoms with Gasteiger partial charge in [-0.15, -0.1) is 11.3 Å². The second-order valence-corrected chi connectivity index (χ2v) is 6.89. The molecule has 1 aromatic heterocycles. The van der Waals surface area contributed by atoms with Crippen molar-refractivity contribution in [2.45, 2.75) is 27.3 Å². The smallest absolute Gasteiger partial charge is 0.191 e. The van der Waals surface area contributed by atoms with Crippen LogP contribution in [0.3, 0.4) is 0 Å². The van der Waals surface area contributed by atoms with Crippen LogP contribution in [0.1, 0.15) is 22.5 Å². The van der Waals surface area contributed by atoms with Gasteiger partial charge in [0.25, 0.3) is 0 Å². The maximum Gasteiger partial charge on any atom is 0.191 e. The summed E-state index contributed by atoms with van der Waals surface area (Å²) >= 11 is 7.62. The van der Waals surface area contributed by atoms with Gasteiger partial charge in [-0.2, -0.15) is 0 Å². The molecule has 24 heavy (non-hydrogen) atoms. The van der Waals surface area contributed by atoms with Crippen LogP contribution in [0, 0.1) is 13.8 Å². The van der Waals surface area contributed by atoms with Crippen molar-refractivity contribution in [3.63, 3.8) is 0 Å². The van der Waals surface area contributed by atoms with Crippen molar-refractivity contribution in [2.75, 3.05) is 19.7 Å². The molecule has 2 aromatic rings. The van der Waals surface area contributed by atoms with Crippen molar-refractivity contribution in [3.05, 3.63) is 44.9 Å². The van der Waals surface area contributed by atoms with Crippen molar-refractivity contribution >= 4 is 28.9 Å². The maximum atomic E-state index is 5.93. The Kier molecular flexibility index (Phi) is 7.34. The molecule has 0 amide bonds.